The molecule has 276 valence electrons. The number of methoxy groups -OCH3 is 2. The van der Waals surface area contributed by atoms with Crippen LogP contribution in [0, 0.1) is 0 Å². The molecule has 1 aliphatic heterocycles. The number of hydrogen-bond donors (Lipinski definition) is 5. The third-order valence-electron chi connectivity index (χ3n) is 7.67. The Balaban J connectivity index is 0.000000785. The second-order valence-corrected chi connectivity index (χ2v) is 13.2. The Morgan fingerprint density at radius 3 is 2.13 bits per heavy atom. The zero-order valence-corrected chi connectivity index (χ0v) is 28.2. The number of esters is 2. The molecule has 19 heteroatoms. The third kappa shape index (κ3) is 10.1. The van der Waals surface area contributed by atoms with E-state index in [9.17, 15) is 40.8 Å². The fourth-order valence-electron chi connectivity index (χ4n) is 5.15. The standard InChI is InChI=1S/C31H31N5O8S.C2HF3O2/c1-43-29(38)21-12-13-22-23(16-21)33-28(32-22)24(14-19-8-10-20(11-9-19)26-17-27(37)36-45(26,41)42)34-31(40)35-25(30(39)44-2)15-18-6-4-3-5-7-18;3-2(4,5)1(6)7/h3-13,16,24-26H,14-15,17H2,1-2H3,(H,32,33)(H,36,37)(H2,34,35,40);(H,6,7)/t24?,25-,26?;/m1./s1. The average molecular weight is 748 g/mol. The van der Waals surface area contributed by atoms with Crippen molar-refractivity contribution in [2.24, 2.45) is 0 Å². The Morgan fingerprint density at radius 2 is 1.58 bits per heavy atom. The summed E-state index contributed by atoms with van der Waals surface area (Å²) in [6.07, 6.45) is -4.83. The van der Waals surface area contributed by atoms with Gasteiger partial charge in [0, 0.05) is 6.42 Å². The van der Waals surface area contributed by atoms with Crippen molar-refractivity contribution < 1.29 is 60.1 Å². The molecule has 0 saturated carbocycles. The molecule has 3 amide bonds. The number of halogens is 3. The summed E-state index contributed by atoms with van der Waals surface area (Å²) in [6.45, 7) is 0. The van der Waals surface area contributed by atoms with Gasteiger partial charge in [-0.3, -0.25) is 9.52 Å². The van der Waals surface area contributed by atoms with Gasteiger partial charge in [0.25, 0.3) is 0 Å². The summed E-state index contributed by atoms with van der Waals surface area (Å²) < 4.78 is 68.1. The zero-order valence-electron chi connectivity index (χ0n) is 27.4. The number of carboxylic acids is 1. The molecule has 5 rings (SSSR count). The lowest BCUT2D eigenvalue weighted by molar-refractivity contribution is -0.192. The van der Waals surface area contributed by atoms with Crippen LogP contribution in [0.4, 0.5) is 18.0 Å². The highest BCUT2D eigenvalue weighted by molar-refractivity contribution is 7.90. The van der Waals surface area contributed by atoms with Gasteiger partial charge in [-0.25, -0.2) is 32.6 Å². The lowest BCUT2D eigenvalue weighted by atomic mass is 10.0. The lowest BCUT2D eigenvalue weighted by Crippen LogP contribution is -2.48. The summed E-state index contributed by atoms with van der Waals surface area (Å²) in [5.74, 6) is -4.08. The Labute approximate surface area is 294 Å². The minimum Gasteiger partial charge on any atom is -0.475 e. The molecule has 3 aromatic carbocycles. The van der Waals surface area contributed by atoms with Crippen molar-refractivity contribution in [2.75, 3.05) is 14.2 Å². The molecular weight excluding hydrogens is 715 g/mol. The van der Waals surface area contributed by atoms with Gasteiger partial charge in [0.1, 0.15) is 17.1 Å². The number of nitrogens with zero attached hydrogens (tertiary/aromatic N) is 1. The number of H-pyrrole nitrogens is 1. The molecule has 5 N–H and O–H groups in total. The third-order valence-corrected chi connectivity index (χ3v) is 9.37. The van der Waals surface area contributed by atoms with Gasteiger partial charge in [0.05, 0.1) is 43.3 Å². The van der Waals surface area contributed by atoms with Gasteiger partial charge >= 0.3 is 30.1 Å². The number of aromatic amines is 1. The van der Waals surface area contributed by atoms with E-state index in [4.69, 9.17) is 19.4 Å². The smallest absolute Gasteiger partial charge is 0.475 e. The van der Waals surface area contributed by atoms with Crippen molar-refractivity contribution in [2.45, 2.75) is 42.8 Å². The highest BCUT2D eigenvalue weighted by Crippen LogP contribution is 2.31. The van der Waals surface area contributed by atoms with Crippen LogP contribution in [-0.2, 0) is 46.7 Å². The monoisotopic (exact) mass is 747 g/mol. The zero-order chi connectivity index (χ0) is 38.2. The van der Waals surface area contributed by atoms with E-state index in [1.54, 1.807) is 42.5 Å². The highest BCUT2D eigenvalue weighted by Gasteiger charge is 2.39. The largest absolute Gasteiger partial charge is 0.490 e. The molecule has 0 spiro atoms. The van der Waals surface area contributed by atoms with Gasteiger partial charge in [-0.2, -0.15) is 13.2 Å². The number of imidazole rings is 1. The molecule has 1 fully saturated rings. The number of carbonyl (C=O) groups is 5. The van der Waals surface area contributed by atoms with Crippen molar-refractivity contribution in [3.05, 3.63) is 101 Å². The number of benzene rings is 3. The molecule has 1 saturated heterocycles. The number of fused-ring (bicyclic) bond motifs is 1. The first-order valence-corrected chi connectivity index (χ1v) is 16.8. The van der Waals surface area contributed by atoms with Crippen LogP contribution in [0.5, 0.6) is 0 Å². The number of rotatable bonds is 10. The molecular formula is C33H32F3N5O10S. The molecule has 52 heavy (non-hydrogen) atoms. The van der Waals surface area contributed by atoms with Gasteiger partial charge in [-0.1, -0.05) is 54.6 Å². The first-order chi connectivity index (χ1) is 24.5. The summed E-state index contributed by atoms with van der Waals surface area (Å²) in [4.78, 5) is 66.3. The highest BCUT2D eigenvalue weighted by atomic mass is 32.2. The number of ether oxygens (including phenoxy) is 2. The molecule has 4 aromatic rings. The molecule has 15 nitrogen and oxygen atoms in total. The molecule has 2 unspecified atom stereocenters. The molecule has 1 aliphatic rings. The van der Waals surface area contributed by atoms with Crippen LogP contribution in [0.2, 0.25) is 0 Å². The van der Waals surface area contributed by atoms with Crippen molar-refractivity contribution in [1.29, 1.82) is 0 Å². The fraction of sp³-hybridized carbons (Fsp3) is 0.273. The lowest BCUT2D eigenvalue weighted by Gasteiger charge is -2.21. The van der Waals surface area contributed by atoms with Crippen LogP contribution in [0.3, 0.4) is 0 Å². The normalized spacial score (nSPS) is 16.0. The molecule has 2 heterocycles. The summed E-state index contributed by atoms with van der Waals surface area (Å²) in [6, 6.07) is 18.3. The number of carbonyl (C=O) groups excluding carboxylic acids is 4. The fourth-order valence-corrected chi connectivity index (χ4v) is 6.58. The quantitative estimate of drug-likeness (QED) is 0.148. The van der Waals surface area contributed by atoms with Gasteiger partial charge in [0.2, 0.25) is 15.9 Å². The van der Waals surface area contributed by atoms with Crippen LogP contribution in [0.1, 0.15) is 50.6 Å². The van der Waals surface area contributed by atoms with Crippen molar-refractivity contribution in [3.63, 3.8) is 0 Å². The maximum Gasteiger partial charge on any atom is 0.490 e. The maximum atomic E-state index is 13.3. The Bertz CT molecular complexity index is 2060. The number of aromatic nitrogens is 2. The minimum absolute atomic E-state index is 0.164. The Hall–Kier alpha value is -5.98. The van der Waals surface area contributed by atoms with E-state index in [2.05, 4.69) is 20.6 Å². The topological polar surface area (TPSA) is 223 Å². The molecule has 1 aromatic heterocycles. The molecule has 0 bridgehead atoms. The number of amides is 3. The SMILES string of the molecule is COC(=O)c1ccc2nc(C(Cc3ccc(C4CC(=O)NS4(=O)=O)cc3)NC(=O)N[C@H](Cc3ccccc3)C(=O)OC)[nH]c2c1.O=C(O)C(F)(F)F. The second-order valence-electron chi connectivity index (χ2n) is 11.3. The van der Waals surface area contributed by atoms with E-state index in [0.29, 0.717) is 28.0 Å². The summed E-state index contributed by atoms with van der Waals surface area (Å²) in [5, 5.41) is 11.7. The molecule has 3 atom stereocenters. The van der Waals surface area contributed by atoms with E-state index >= 15 is 0 Å². The maximum absolute atomic E-state index is 13.3. The van der Waals surface area contributed by atoms with E-state index < -0.39 is 63.4 Å². The van der Waals surface area contributed by atoms with Crippen molar-refractivity contribution >= 4 is 50.9 Å². The van der Waals surface area contributed by atoms with E-state index in [1.807, 2.05) is 35.1 Å². The van der Waals surface area contributed by atoms with E-state index in [0.717, 1.165) is 11.1 Å². The predicted octanol–water partition coefficient (Wildman–Crippen LogP) is 3.24. The number of carboxylic acid groups (broad SMARTS) is 1. The van der Waals surface area contributed by atoms with E-state index in [1.165, 1.54) is 14.2 Å². The number of aliphatic carboxylic acids is 1. The summed E-state index contributed by atoms with van der Waals surface area (Å²) >= 11 is 0. The first-order valence-electron chi connectivity index (χ1n) is 15.2. The molecule has 0 aliphatic carbocycles. The number of nitrogens with one attached hydrogen (secondary N) is 4. The van der Waals surface area contributed by atoms with Crippen LogP contribution in [-0.4, -0.2) is 79.8 Å². The van der Waals surface area contributed by atoms with Crippen LogP contribution in [0.15, 0.2) is 72.8 Å². The van der Waals surface area contributed by atoms with Crippen molar-refractivity contribution in [3.8, 4) is 0 Å². The number of alkyl halides is 3. The van der Waals surface area contributed by atoms with Gasteiger partial charge in [0.15, 0.2) is 0 Å². The first kappa shape index (κ1) is 38.8. The number of hydrogen-bond acceptors (Lipinski definition) is 10. The summed E-state index contributed by atoms with van der Waals surface area (Å²) in [5.41, 5.74) is 3.40. The van der Waals surface area contributed by atoms with Gasteiger partial charge < -0.3 is 30.2 Å². The Kier molecular flexibility index (Phi) is 12.2. The second kappa shape index (κ2) is 16.4. The molecule has 0 radical (unpaired) electrons. The summed E-state index contributed by atoms with van der Waals surface area (Å²) in [7, 11) is -1.28. The van der Waals surface area contributed by atoms with Crippen LogP contribution < -0.4 is 15.4 Å². The van der Waals surface area contributed by atoms with E-state index in [-0.39, 0.29) is 19.3 Å². The Morgan fingerprint density at radius 1 is 0.942 bits per heavy atom. The predicted molar refractivity (Wildman–Crippen MR) is 176 cm³/mol. The van der Waals surface area contributed by atoms with Crippen LogP contribution in [0.25, 0.3) is 11.0 Å². The van der Waals surface area contributed by atoms with Crippen molar-refractivity contribution in [1.82, 2.24) is 25.3 Å². The van der Waals surface area contributed by atoms with Gasteiger partial charge in [-0.05, 0) is 41.3 Å². The van der Waals surface area contributed by atoms with Gasteiger partial charge in [-0.15, -0.1) is 0 Å². The minimum atomic E-state index is -5.08. The number of urea groups is 1. The van der Waals surface area contributed by atoms with Crippen LogP contribution >= 0.6 is 0 Å². The number of sulfonamides is 1. The average Bonchev–Trinajstić information content (AvgIpc) is 3.65.